The molecule has 0 atom stereocenters. The summed E-state index contributed by atoms with van der Waals surface area (Å²) >= 11 is 0. The second-order valence-corrected chi connectivity index (χ2v) is 17.7. The Kier molecular flexibility index (Phi) is 8.15. The first-order valence-corrected chi connectivity index (χ1v) is 18.1. The Morgan fingerprint density at radius 2 is 1.87 bits per heavy atom. The maximum atomic E-state index is 13.4. The van der Waals surface area contributed by atoms with E-state index in [1.165, 1.54) is 6.33 Å². The topological polar surface area (TPSA) is 107 Å². The molecule has 1 saturated heterocycles. The van der Waals surface area contributed by atoms with Gasteiger partial charge in [0.1, 0.15) is 30.0 Å². The fraction of sp³-hybridized carbons (Fsp3) is 0.324. The van der Waals surface area contributed by atoms with E-state index in [-0.39, 0.29) is 10.9 Å². The highest BCUT2D eigenvalue weighted by molar-refractivity contribution is 6.74. The normalized spacial score (nSPS) is 15.0. The van der Waals surface area contributed by atoms with Gasteiger partial charge in [0.15, 0.2) is 14.0 Å². The molecule has 0 aliphatic carbocycles. The molecular weight excluding hydrogens is 583 g/mol. The fourth-order valence-electron chi connectivity index (χ4n) is 5.09. The third-order valence-electron chi connectivity index (χ3n) is 8.75. The van der Waals surface area contributed by atoms with Gasteiger partial charge in [0.25, 0.3) is 5.91 Å². The van der Waals surface area contributed by atoms with E-state index in [2.05, 4.69) is 65.3 Å². The van der Waals surface area contributed by atoms with Gasteiger partial charge in [0, 0.05) is 47.7 Å². The molecule has 5 aromatic rings. The lowest BCUT2D eigenvalue weighted by Gasteiger charge is -2.36. The molecule has 3 aromatic heterocycles. The summed E-state index contributed by atoms with van der Waals surface area (Å²) in [5.74, 6) is 2.13. The molecule has 0 radical (unpaired) electrons. The summed E-state index contributed by atoms with van der Waals surface area (Å²) < 4.78 is 14.1. The Hall–Kier alpha value is -4.61. The van der Waals surface area contributed by atoms with Gasteiger partial charge >= 0.3 is 0 Å². The molecular formula is C34H39N7O3Si. The monoisotopic (exact) mass is 621 g/mol. The molecule has 4 heterocycles. The number of nitrogens with zero attached hydrogens (tertiary/aromatic N) is 6. The highest BCUT2D eigenvalue weighted by Gasteiger charge is 2.37. The van der Waals surface area contributed by atoms with Crippen molar-refractivity contribution in [3.8, 4) is 11.5 Å². The van der Waals surface area contributed by atoms with Crippen LogP contribution in [-0.2, 0) is 9.22 Å². The van der Waals surface area contributed by atoms with Gasteiger partial charge in [-0.15, -0.1) is 0 Å². The fourth-order valence-corrected chi connectivity index (χ4v) is 6.15. The average Bonchev–Trinajstić information content (AvgIpc) is 3.62. The highest BCUT2D eigenvalue weighted by Crippen LogP contribution is 2.37. The molecule has 6 rings (SSSR count). The van der Waals surface area contributed by atoms with Gasteiger partial charge in [0.2, 0.25) is 0 Å². The first-order valence-electron chi connectivity index (χ1n) is 15.2. The number of carbonyl (C=O) groups is 1. The number of ether oxygens (including phenoxy) is 1. The quantitative estimate of drug-likeness (QED) is 0.102. The molecule has 45 heavy (non-hydrogen) atoms. The number of aromatic nitrogens is 5. The lowest BCUT2D eigenvalue weighted by molar-refractivity contribution is -0.114. The summed E-state index contributed by atoms with van der Waals surface area (Å²) in [7, 11) is -1.81. The zero-order valence-electron chi connectivity index (χ0n) is 26.7. The zero-order chi connectivity index (χ0) is 31.8. The number of fused-ring (bicyclic) bond motifs is 2. The second-order valence-electron chi connectivity index (χ2n) is 12.9. The Morgan fingerprint density at radius 1 is 1.02 bits per heavy atom. The van der Waals surface area contributed by atoms with Crippen LogP contribution in [-0.4, -0.2) is 51.9 Å². The number of pyridine rings is 1. The van der Waals surface area contributed by atoms with Gasteiger partial charge in [-0.2, -0.15) is 5.10 Å². The molecule has 0 bridgehead atoms. The lowest BCUT2D eigenvalue weighted by Crippen LogP contribution is -2.40. The molecule has 1 N–H and O–H groups in total. The first kappa shape index (κ1) is 30.4. The molecule has 10 nitrogen and oxygen atoms in total. The smallest absolute Gasteiger partial charge is 0.253 e. The maximum Gasteiger partial charge on any atom is 0.253 e. The first-order chi connectivity index (χ1) is 21.5. The number of benzene rings is 2. The van der Waals surface area contributed by atoms with E-state index in [0.717, 1.165) is 45.6 Å². The van der Waals surface area contributed by atoms with Crippen LogP contribution in [0.2, 0.25) is 18.1 Å². The minimum atomic E-state index is -1.81. The van der Waals surface area contributed by atoms with Crippen LogP contribution < -0.4 is 15.0 Å². The van der Waals surface area contributed by atoms with Crippen LogP contribution in [0.25, 0.3) is 16.6 Å². The molecule has 1 aliphatic rings. The average molecular weight is 622 g/mol. The summed E-state index contributed by atoms with van der Waals surface area (Å²) in [5.41, 5.74) is 5.00. The van der Waals surface area contributed by atoms with Crippen molar-refractivity contribution in [3.05, 3.63) is 84.6 Å². The van der Waals surface area contributed by atoms with Crippen molar-refractivity contribution in [2.45, 2.75) is 58.7 Å². The van der Waals surface area contributed by atoms with Crippen molar-refractivity contribution in [2.75, 3.05) is 23.4 Å². The molecule has 1 fully saturated rings. The number of nitrogens with one attached hydrogen (secondary N) is 1. The molecule has 232 valence electrons. The van der Waals surface area contributed by atoms with E-state index >= 15 is 0 Å². The summed E-state index contributed by atoms with van der Waals surface area (Å²) in [6.45, 7) is 14.5. The van der Waals surface area contributed by atoms with E-state index in [0.29, 0.717) is 36.8 Å². The van der Waals surface area contributed by atoms with Crippen LogP contribution in [0.4, 0.5) is 17.2 Å². The SMILES string of the molecule is Cc1cc(Nc2ncnc3ccc(N4CC/C(=C\CCO[Si](C)(C)C(C)(C)C)C4=O)cc23)ccc1Oc1ccn2ncnc2c1. The summed E-state index contributed by atoms with van der Waals surface area (Å²) in [4.78, 5) is 28.4. The van der Waals surface area contributed by atoms with E-state index in [9.17, 15) is 4.79 Å². The number of hydrogen-bond acceptors (Lipinski definition) is 8. The van der Waals surface area contributed by atoms with Crippen molar-refractivity contribution in [1.82, 2.24) is 24.6 Å². The van der Waals surface area contributed by atoms with Crippen molar-refractivity contribution in [3.63, 3.8) is 0 Å². The van der Waals surface area contributed by atoms with Crippen molar-refractivity contribution in [1.29, 1.82) is 0 Å². The van der Waals surface area contributed by atoms with Crippen molar-refractivity contribution < 1.29 is 14.0 Å². The third kappa shape index (κ3) is 6.45. The predicted molar refractivity (Wildman–Crippen MR) is 180 cm³/mol. The van der Waals surface area contributed by atoms with Gasteiger partial charge in [-0.05, 0) is 85.9 Å². The van der Waals surface area contributed by atoms with Crippen LogP contribution in [0.3, 0.4) is 0 Å². The number of aryl methyl sites for hydroxylation is 1. The maximum absolute atomic E-state index is 13.4. The van der Waals surface area contributed by atoms with E-state index in [4.69, 9.17) is 9.16 Å². The summed E-state index contributed by atoms with van der Waals surface area (Å²) in [6.07, 6.45) is 8.38. The Morgan fingerprint density at radius 3 is 2.67 bits per heavy atom. The number of anilines is 3. The Bertz CT molecular complexity index is 1910. The van der Waals surface area contributed by atoms with Gasteiger partial charge < -0.3 is 19.4 Å². The van der Waals surface area contributed by atoms with E-state index < -0.39 is 8.32 Å². The number of hydrogen-bond donors (Lipinski definition) is 1. The van der Waals surface area contributed by atoms with Gasteiger partial charge in [-0.1, -0.05) is 26.8 Å². The largest absolute Gasteiger partial charge is 0.457 e. The molecule has 0 unspecified atom stereocenters. The van der Waals surface area contributed by atoms with Crippen LogP contribution in [0, 0.1) is 6.92 Å². The lowest BCUT2D eigenvalue weighted by atomic mass is 10.1. The Balaban J connectivity index is 1.15. The minimum Gasteiger partial charge on any atom is -0.457 e. The minimum absolute atomic E-state index is 0.0439. The van der Waals surface area contributed by atoms with Crippen LogP contribution in [0.5, 0.6) is 11.5 Å². The summed E-state index contributed by atoms with van der Waals surface area (Å²) in [5, 5.41) is 8.57. The van der Waals surface area contributed by atoms with Crippen LogP contribution in [0.15, 0.2) is 79.0 Å². The van der Waals surface area contributed by atoms with Gasteiger partial charge in [-0.3, -0.25) is 4.79 Å². The molecule has 2 aromatic carbocycles. The van der Waals surface area contributed by atoms with Crippen molar-refractivity contribution >= 4 is 48.0 Å². The summed E-state index contributed by atoms with van der Waals surface area (Å²) in [6, 6.07) is 15.5. The third-order valence-corrected chi connectivity index (χ3v) is 13.3. The number of rotatable bonds is 9. The number of carbonyl (C=O) groups excluding carboxylic acids is 1. The molecule has 11 heteroatoms. The van der Waals surface area contributed by atoms with Crippen molar-refractivity contribution in [2.24, 2.45) is 0 Å². The molecule has 0 saturated carbocycles. The predicted octanol–water partition coefficient (Wildman–Crippen LogP) is 7.59. The van der Waals surface area contributed by atoms with E-state index in [1.54, 1.807) is 10.8 Å². The zero-order valence-corrected chi connectivity index (χ0v) is 27.7. The van der Waals surface area contributed by atoms with Gasteiger partial charge in [-0.25, -0.2) is 19.5 Å². The molecule has 1 amide bonds. The second kappa shape index (κ2) is 12.1. The van der Waals surface area contributed by atoms with Gasteiger partial charge in [0.05, 0.1) is 5.52 Å². The standard InChI is InChI=1S/C34H39N7O3Si/c1-23-18-25(9-12-30(23)44-27-14-16-41-31(20-27)36-22-38-41)39-32-28-19-26(10-11-29(28)35-21-37-32)40-15-13-24(33(40)42)8-7-17-43-45(5,6)34(2,3)4/h8-12,14,16,18-22H,7,13,15,17H2,1-6H3,(H,35,37,39)/b24-8+. The van der Waals surface area contributed by atoms with Crippen LogP contribution in [0.1, 0.15) is 39.2 Å². The molecule has 1 aliphatic heterocycles. The number of amides is 1. The molecule has 0 spiro atoms. The van der Waals surface area contributed by atoms with E-state index in [1.807, 2.05) is 66.6 Å². The highest BCUT2D eigenvalue weighted by atomic mass is 28.4. The van der Waals surface area contributed by atoms with Crippen LogP contribution >= 0.6 is 0 Å². The Labute approximate surface area is 264 Å².